The molecule has 2 aromatic carbocycles. The van der Waals surface area contributed by atoms with Crippen molar-refractivity contribution in [1.29, 1.82) is 0 Å². The van der Waals surface area contributed by atoms with E-state index in [0.29, 0.717) is 6.61 Å². The van der Waals surface area contributed by atoms with Crippen molar-refractivity contribution in [2.24, 2.45) is 0 Å². The molecule has 22 heavy (non-hydrogen) atoms. The highest BCUT2D eigenvalue weighted by atomic mass is 79.9. The summed E-state index contributed by atoms with van der Waals surface area (Å²) in [5.74, 6) is 1.61. The van der Waals surface area contributed by atoms with Crippen molar-refractivity contribution in [2.45, 2.75) is 6.61 Å². The Labute approximate surface area is 138 Å². The quantitative estimate of drug-likeness (QED) is 0.642. The fourth-order valence-electron chi connectivity index (χ4n) is 2.03. The summed E-state index contributed by atoms with van der Waals surface area (Å²) in [4.78, 5) is 4.36. The number of pyridine rings is 1. The molecule has 3 nitrogen and oxygen atoms in total. The Hall–Kier alpha value is -2.33. The molecule has 0 amide bonds. The first-order valence-corrected chi connectivity index (χ1v) is 7.75. The fraction of sp³-hybridized carbons (Fsp3) is 0.0556. The van der Waals surface area contributed by atoms with Crippen LogP contribution in [0.1, 0.15) is 5.56 Å². The van der Waals surface area contributed by atoms with Gasteiger partial charge in [-0.1, -0.05) is 42.5 Å². The molecule has 0 atom stereocenters. The summed E-state index contributed by atoms with van der Waals surface area (Å²) in [7, 11) is 0. The molecule has 110 valence electrons. The topological polar surface area (TPSA) is 34.1 Å². The van der Waals surface area contributed by atoms with Crippen LogP contribution in [0, 0.1) is 0 Å². The largest absolute Gasteiger partial charge is 0.489 e. The van der Waals surface area contributed by atoms with E-state index in [1.54, 1.807) is 0 Å². The molecule has 0 radical (unpaired) electrons. The van der Waals surface area contributed by atoms with Crippen LogP contribution >= 0.6 is 15.9 Å². The van der Waals surface area contributed by atoms with E-state index in [1.807, 2.05) is 72.8 Å². The zero-order valence-electron chi connectivity index (χ0n) is 11.9. The zero-order chi connectivity index (χ0) is 15.2. The lowest BCUT2D eigenvalue weighted by molar-refractivity contribution is 0.306. The number of aromatic nitrogens is 1. The number of hydrogen-bond donors (Lipinski definition) is 1. The van der Waals surface area contributed by atoms with Crippen LogP contribution in [0.25, 0.3) is 0 Å². The van der Waals surface area contributed by atoms with Crippen molar-refractivity contribution in [3.05, 3.63) is 83.0 Å². The summed E-state index contributed by atoms with van der Waals surface area (Å²) >= 11 is 3.36. The van der Waals surface area contributed by atoms with Crippen LogP contribution in [0.4, 0.5) is 11.5 Å². The van der Waals surface area contributed by atoms with E-state index in [4.69, 9.17) is 4.74 Å². The van der Waals surface area contributed by atoms with Gasteiger partial charge in [-0.3, -0.25) is 0 Å². The van der Waals surface area contributed by atoms with E-state index in [-0.39, 0.29) is 0 Å². The van der Waals surface area contributed by atoms with Gasteiger partial charge in [0.25, 0.3) is 0 Å². The third-order valence-electron chi connectivity index (χ3n) is 3.07. The average molecular weight is 355 g/mol. The van der Waals surface area contributed by atoms with Gasteiger partial charge in [0, 0.05) is 11.8 Å². The molecular weight excluding hydrogens is 340 g/mol. The number of anilines is 2. The molecule has 1 aromatic heterocycles. The van der Waals surface area contributed by atoms with Gasteiger partial charge in [-0.05, 0) is 45.8 Å². The number of hydrogen-bond acceptors (Lipinski definition) is 3. The normalized spacial score (nSPS) is 10.2. The van der Waals surface area contributed by atoms with Crippen molar-refractivity contribution in [1.82, 2.24) is 4.98 Å². The van der Waals surface area contributed by atoms with E-state index >= 15 is 0 Å². The van der Waals surface area contributed by atoms with Gasteiger partial charge in [0.05, 0.1) is 0 Å². The third kappa shape index (κ3) is 4.09. The summed E-state index contributed by atoms with van der Waals surface area (Å²) in [5.41, 5.74) is 2.09. The van der Waals surface area contributed by atoms with E-state index < -0.39 is 0 Å². The molecule has 0 aliphatic rings. The van der Waals surface area contributed by atoms with Gasteiger partial charge in [-0.15, -0.1) is 0 Å². The molecule has 0 aliphatic carbocycles. The van der Waals surface area contributed by atoms with Gasteiger partial charge in [0.1, 0.15) is 22.8 Å². The highest BCUT2D eigenvalue weighted by Crippen LogP contribution is 2.22. The van der Waals surface area contributed by atoms with Crippen LogP contribution in [-0.4, -0.2) is 4.98 Å². The number of nitrogens with zero attached hydrogens (tertiary/aromatic N) is 1. The lowest BCUT2D eigenvalue weighted by Crippen LogP contribution is -1.97. The molecule has 4 heteroatoms. The van der Waals surface area contributed by atoms with Crippen molar-refractivity contribution < 1.29 is 4.74 Å². The molecule has 1 heterocycles. The summed E-state index contributed by atoms with van der Waals surface area (Å²) < 4.78 is 6.62. The lowest BCUT2D eigenvalue weighted by Gasteiger charge is -2.10. The fourth-order valence-corrected chi connectivity index (χ4v) is 2.37. The van der Waals surface area contributed by atoms with Crippen LogP contribution < -0.4 is 10.1 Å². The Balaban J connectivity index is 1.67. The van der Waals surface area contributed by atoms with Crippen molar-refractivity contribution >= 4 is 27.4 Å². The van der Waals surface area contributed by atoms with Crippen molar-refractivity contribution in [2.75, 3.05) is 5.32 Å². The first-order valence-electron chi connectivity index (χ1n) is 6.96. The molecule has 0 bridgehead atoms. The van der Waals surface area contributed by atoms with E-state index in [2.05, 4.69) is 26.2 Å². The molecule has 0 aliphatic heterocycles. The molecule has 1 N–H and O–H groups in total. The summed E-state index contributed by atoms with van der Waals surface area (Å²) in [6.45, 7) is 0.555. The molecule has 3 aromatic rings. The first-order chi connectivity index (χ1) is 10.8. The standard InChI is InChI=1S/C18H15BrN2O/c19-17-10-5-11-18(21-17)20-15-8-4-9-16(12-15)22-13-14-6-2-1-3-7-14/h1-12H,13H2,(H,20,21). The molecule has 0 unspecified atom stereocenters. The smallest absolute Gasteiger partial charge is 0.131 e. The average Bonchev–Trinajstić information content (AvgIpc) is 2.54. The number of nitrogens with one attached hydrogen (secondary N) is 1. The Morgan fingerprint density at radius 3 is 2.55 bits per heavy atom. The van der Waals surface area contributed by atoms with E-state index in [0.717, 1.165) is 27.4 Å². The molecular formula is C18H15BrN2O. The van der Waals surface area contributed by atoms with Gasteiger partial charge < -0.3 is 10.1 Å². The van der Waals surface area contributed by atoms with Gasteiger partial charge in [-0.2, -0.15) is 0 Å². The third-order valence-corrected chi connectivity index (χ3v) is 3.51. The minimum absolute atomic E-state index is 0.555. The predicted octanol–water partition coefficient (Wildman–Crippen LogP) is 5.17. The van der Waals surface area contributed by atoms with Crippen LogP contribution in [0.5, 0.6) is 5.75 Å². The van der Waals surface area contributed by atoms with Crippen molar-refractivity contribution in [3.63, 3.8) is 0 Å². The SMILES string of the molecule is Brc1cccc(Nc2cccc(OCc3ccccc3)c2)n1. The first kappa shape index (κ1) is 14.6. The molecule has 3 rings (SSSR count). The van der Waals surface area contributed by atoms with Crippen LogP contribution in [0.3, 0.4) is 0 Å². The maximum Gasteiger partial charge on any atom is 0.131 e. The molecule has 0 saturated carbocycles. The zero-order valence-corrected chi connectivity index (χ0v) is 13.5. The summed E-state index contributed by atoms with van der Waals surface area (Å²) in [5, 5.41) is 3.26. The highest BCUT2D eigenvalue weighted by Gasteiger charge is 2.00. The second kappa shape index (κ2) is 7.09. The summed E-state index contributed by atoms with van der Waals surface area (Å²) in [6, 6.07) is 23.7. The highest BCUT2D eigenvalue weighted by molar-refractivity contribution is 9.10. The van der Waals surface area contributed by atoms with Crippen molar-refractivity contribution in [3.8, 4) is 5.75 Å². The van der Waals surface area contributed by atoms with Crippen LogP contribution in [-0.2, 0) is 6.61 Å². The molecule has 0 saturated heterocycles. The minimum atomic E-state index is 0.555. The Kier molecular flexibility index (Phi) is 4.71. The lowest BCUT2D eigenvalue weighted by atomic mass is 10.2. The van der Waals surface area contributed by atoms with Crippen LogP contribution in [0.15, 0.2) is 77.4 Å². The number of rotatable bonds is 5. The monoisotopic (exact) mass is 354 g/mol. The molecule has 0 spiro atoms. The predicted molar refractivity (Wildman–Crippen MR) is 92.4 cm³/mol. The number of ether oxygens (including phenoxy) is 1. The second-order valence-electron chi connectivity index (χ2n) is 4.77. The molecule has 0 fully saturated rings. The second-order valence-corrected chi connectivity index (χ2v) is 5.59. The Morgan fingerprint density at radius 1 is 0.909 bits per heavy atom. The maximum absolute atomic E-state index is 5.82. The number of benzene rings is 2. The Bertz CT molecular complexity index is 747. The van der Waals surface area contributed by atoms with Crippen LogP contribution in [0.2, 0.25) is 0 Å². The Morgan fingerprint density at radius 2 is 1.73 bits per heavy atom. The van der Waals surface area contributed by atoms with E-state index in [1.165, 1.54) is 0 Å². The van der Waals surface area contributed by atoms with E-state index in [9.17, 15) is 0 Å². The van der Waals surface area contributed by atoms with Gasteiger partial charge in [0.15, 0.2) is 0 Å². The van der Waals surface area contributed by atoms with Gasteiger partial charge >= 0.3 is 0 Å². The minimum Gasteiger partial charge on any atom is -0.489 e. The number of halogens is 1. The summed E-state index contributed by atoms with van der Waals surface area (Å²) in [6.07, 6.45) is 0. The van der Waals surface area contributed by atoms with Gasteiger partial charge in [0.2, 0.25) is 0 Å². The van der Waals surface area contributed by atoms with Gasteiger partial charge in [-0.25, -0.2) is 4.98 Å². The maximum atomic E-state index is 5.82.